The summed E-state index contributed by atoms with van der Waals surface area (Å²) < 4.78 is 25.1. The first-order valence-corrected chi connectivity index (χ1v) is 17.4. The minimum atomic E-state index is -0.458. The van der Waals surface area contributed by atoms with Gasteiger partial charge >= 0.3 is 13.1 Å². The molecule has 45 heavy (non-hydrogen) atoms. The third-order valence-electron chi connectivity index (χ3n) is 11.1. The zero-order chi connectivity index (χ0) is 33.0. The van der Waals surface area contributed by atoms with E-state index in [4.69, 9.17) is 18.8 Å². The molecular formula is C37H58BNO6. The van der Waals surface area contributed by atoms with Crippen LogP contribution in [-0.2, 0) is 28.4 Å². The molecule has 4 rings (SSSR count). The van der Waals surface area contributed by atoms with Crippen molar-refractivity contribution < 1.29 is 28.4 Å². The second-order valence-corrected chi connectivity index (χ2v) is 14.8. The average molecular weight is 624 g/mol. The van der Waals surface area contributed by atoms with Crippen LogP contribution in [0.5, 0.6) is 0 Å². The van der Waals surface area contributed by atoms with Gasteiger partial charge in [0, 0.05) is 25.5 Å². The van der Waals surface area contributed by atoms with Crippen LogP contribution in [0.25, 0.3) is 0 Å². The van der Waals surface area contributed by atoms with Gasteiger partial charge in [-0.1, -0.05) is 44.6 Å². The molecule has 5 unspecified atom stereocenters. The number of Topliss-reactive ketones (excluding diaryl/α,β-unsaturated/α-hetero) is 1. The summed E-state index contributed by atoms with van der Waals surface area (Å²) in [6, 6.07) is 4.21. The summed E-state index contributed by atoms with van der Waals surface area (Å²) in [6.45, 7) is 17.9. The Bertz CT molecular complexity index is 1190. The van der Waals surface area contributed by atoms with Crippen LogP contribution in [0.4, 0.5) is 0 Å². The summed E-state index contributed by atoms with van der Waals surface area (Å²) in [5.41, 5.74) is 2.80. The second kappa shape index (κ2) is 14.8. The first-order chi connectivity index (χ1) is 21.3. The van der Waals surface area contributed by atoms with Gasteiger partial charge in [-0.15, -0.1) is 0 Å². The molecule has 5 atom stereocenters. The van der Waals surface area contributed by atoms with Gasteiger partial charge < -0.3 is 24.1 Å². The maximum Gasteiger partial charge on any atom is 0.494 e. The molecule has 1 aliphatic carbocycles. The lowest BCUT2D eigenvalue weighted by Gasteiger charge is -2.49. The number of carbonyl (C=O) groups excluding carboxylic acids is 2. The zero-order valence-electron chi connectivity index (χ0n) is 29.4. The Hall–Kier alpha value is -2.00. The number of piperidine rings is 1. The fourth-order valence-corrected chi connectivity index (χ4v) is 7.65. The van der Waals surface area contributed by atoms with Gasteiger partial charge in [0.25, 0.3) is 0 Å². The number of carbonyl (C=O) groups is 2. The largest absolute Gasteiger partial charge is 0.494 e. The van der Waals surface area contributed by atoms with Crippen LogP contribution < -0.4 is 10.8 Å². The van der Waals surface area contributed by atoms with E-state index in [1.807, 2.05) is 0 Å². The Kier molecular flexibility index (Phi) is 11.8. The standard InChI is InChI=1S/C37H58BNO6/c1-10-12-13-14-15-16-17-27(11-2)34(41)43-31-24-39-19-18-37(31)22-29(40)33(30(23-37)42-9)32-25(3)20-28(21-26(32)4)38-44-35(5,6)36(7,8)45-38/h12-13,20-21,27,30-31,33,39H,10-11,14-19,22-24H2,1-9H3. The topological polar surface area (TPSA) is 83.1 Å². The van der Waals surface area contributed by atoms with Gasteiger partial charge in [0.1, 0.15) is 11.9 Å². The number of unbranched alkanes of at least 4 members (excludes halogenated alkanes) is 2. The molecule has 2 aliphatic heterocycles. The molecule has 1 saturated carbocycles. The Morgan fingerprint density at radius 2 is 1.76 bits per heavy atom. The Balaban J connectivity index is 1.50. The molecule has 1 aromatic carbocycles. The van der Waals surface area contributed by atoms with Gasteiger partial charge in [-0.2, -0.15) is 0 Å². The van der Waals surface area contributed by atoms with Crippen molar-refractivity contribution in [3.05, 3.63) is 41.0 Å². The van der Waals surface area contributed by atoms with Gasteiger partial charge in [0.05, 0.1) is 29.1 Å². The van der Waals surface area contributed by atoms with E-state index in [1.54, 1.807) is 7.11 Å². The first-order valence-electron chi connectivity index (χ1n) is 17.4. The number of nitrogens with one attached hydrogen (secondary N) is 1. The third-order valence-corrected chi connectivity index (χ3v) is 11.1. The third kappa shape index (κ3) is 7.77. The molecule has 8 heteroatoms. The smallest absolute Gasteiger partial charge is 0.460 e. The van der Waals surface area contributed by atoms with Crippen molar-refractivity contribution in [2.75, 3.05) is 20.2 Å². The van der Waals surface area contributed by atoms with Crippen molar-refractivity contribution >= 4 is 24.3 Å². The van der Waals surface area contributed by atoms with Crippen molar-refractivity contribution in [3.63, 3.8) is 0 Å². The molecule has 0 aromatic heterocycles. The quantitative estimate of drug-likeness (QED) is 0.123. The number of allylic oxidation sites excluding steroid dienone is 2. The summed E-state index contributed by atoms with van der Waals surface area (Å²) >= 11 is 0. The molecule has 2 saturated heterocycles. The van der Waals surface area contributed by atoms with Crippen LogP contribution in [0.1, 0.15) is 122 Å². The monoisotopic (exact) mass is 623 g/mol. The number of rotatable bonds is 12. The molecule has 250 valence electrons. The lowest BCUT2D eigenvalue weighted by molar-refractivity contribution is -0.172. The number of methoxy groups -OCH3 is 1. The molecular weight excluding hydrogens is 565 g/mol. The molecule has 3 aliphatic rings. The number of aryl methyl sites for hydroxylation is 2. The predicted octanol–water partition coefficient (Wildman–Crippen LogP) is 6.51. The summed E-state index contributed by atoms with van der Waals surface area (Å²) in [4.78, 5) is 27.7. The van der Waals surface area contributed by atoms with Crippen molar-refractivity contribution in [1.29, 1.82) is 0 Å². The number of esters is 1. The minimum absolute atomic E-state index is 0.114. The van der Waals surface area contributed by atoms with Crippen molar-refractivity contribution in [2.45, 2.75) is 143 Å². The number of hydrogen-bond donors (Lipinski definition) is 1. The van der Waals surface area contributed by atoms with Gasteiger partial charge in [0.15, 0.2) is 0 Å². The number of ketones is 1. The highest BCUT2D eigenvalue weighted by Crippen LogP contribution is 2.49. The molecule has 7 nitrogen and oxygen atoms in total. The van der Waals surface area contributed by atoms with Crippen molar-refractivity contribution in [2.24, 2.45) is 11.3 Å². The molecule has 2 heterocycles. The van der Waals surface area contributed by atoms with Gasteiger partial charge in [0.2, 0.25) is 0 Å². The SMILES string of the molecule is CCC=CCCCCC(CC)C(=O)OC1CNCCC12CC(=O)C(c1c(C)cc(B3OC(C)(C)C(C)(C)O3)cc1C)C(OC)C2. The highest BCUT2D eigenvalue weighted by molar-refractivity contribution is 6.62. The second-order valence-electron chi connectivity index (χ2n) is 14.8. The van der Waals surface area contributed by atoms with Gasteiger partial charge in [-0.3, -0.25) is 9.59 Å². The van der Waals surface area contributed by atoms with Crippen LogP contribution >= 0.6 is 0 Å². The Labute approximate surface area is 272 Å². The highest BCUT2D eigenvalue weighted by atomic mass is 16.7. The van der Waals surface area contributed by atoms with Crippen LogP contribution in [0.15, 0.2) is 24.3 Å². The molecule has 1 spiro atoms. The van der Waals surface area contributed by atoms with Crippen molar-refractivity contribution in [1.82, 2.24) is 5.32 Å². The zero-order valence-corrected chi connectivity index (χ0v) is 29.4. The number of benzene rings is 1. The Morgan fingerprint density at radius 1 is 1.09 bits per heavy atom. The average Bonchev–Trinajstić information content (AvgIpc) is 3.20. The van der Waals surface area contributed by atoms with E-state index < -0.39 is 23.7 Å². The predicted molar refractivity (Wildman–Crippen MR) is 181 cm³/mol. The van der Waals surface area contributed by atoms with E-state index in [9.17, 15) is 9.59 Å². The molecule has 0 amide bonds. The van der Waals surface area contributed by atoms with E-state index in [0.29, 0.717) is 19.4 Å². The van der Waals surface area contributed by atoms with Crippen LogP contribution in [0, 0.1) is 25.2 Å². The lowest BCUT2D eigenvalue weighted by atomic mass is 9.60. The van der Waals surface area contributed by atoms with Crippen LogP contribution in [0.2, 0.25) is 0 Å². The summed E-state index contributed by atoms with van der Waals surface area (Å²) in [5.74, 6) is -0.442. The van der Waals surface area contributed by atoms with Crippen molar-refractivity contribution in [3.8, 4) is 0 Å². The van der Waals surface area contributed by atoms with E-state index in [0.717, 1.165) is 73.6 Å². The summed E-state index contributed by atoms with van der Waals surface area (Å²) in [6.07, 6.45) is 11.4. The van der Waals surface area contributed by atoms with Crippen LogP contribution in [-0.4, -0.2) is 62.5 Å². The molecule has 1 aromatic rings. The molecule has 0 radical (unpaired) electrons. The Morgan fingerprint density at radius 3 is 2.36 bits per heavy atom. The van der Waals surface area contributed by atoms with Gasteiger partial charge in [-0.05, 0) is 115 Å². The first kappa shape index (κ1) is 35.9. The molecule has 3 fully saturated rings. The fourth-order valence-electron chi connectivity index (χ4n) is 7.65. The fraction of sp³-hybridized carbons (Fsp3) is 0.730. The van der Waals surface area contributed by atoms with E-state index in [1.165, 1.54) is 0 Å². The van der Waals surface area contributed by atoms with E-state index in [-0.39, 0.29) is 35.8 Å². The van der Waals surface area contributed by atoms with Crippen LogP contribution in [0.3, 0.4) is 0 Å². The normalized spacial score (nSPS) is 28.6. The molecule has 1 N–H and O–H groups in total. The highest BCUT2D eigenvalue weighted by Gasteiger charge is 2.54. The maximum atomic E-state index is 14.2. The summed E-state index contributed by atoms with van der Waals surface area (Å²) in [7, 11) is 1.25. The van der Waals surface area contributed by atoms with Gasteiger partial charge in [-0.25, -0.2) is 0 Å². The summed E-state index contributed by atoms with van der Waals surface area (Å²) in [5, 5.41) is 3.43. The minimum Gasteiger partial charge on any atom is -0.460 e. The number of ether oxygens (including phenoxy) is 2. The van der Waals surface area contributed by atoms with E-state index in [2.05, 4.69) is 85.0 Å². The maximum absolute atomic E-state index is 14.2. The molecule has 0 bridgehead atoms. The lowest BCUT2D eigenvalue weighted by Crippen LogP contribution is -2.57. The number of hydrogen-bond acceptors (Lipinski definition) is 7. The van der Waals surface area contributed by atoms with E-state index >= 15 is 0 Å².